The summed E-state index contributed by atoms with van der Waals surface area (Å²) >= 11 is 5.94. The van der Waals surface area contributed by atoms with Crippen molar-refractivity contribution in [2.45, 2.75) is 25.0 Å². The first-order chi connectivity index (χ1) is 9.84. The predicted molar refractivity (Wildman–Crippen MR) is 79.5 cm³/mol. The molecule has 0 saturated heterocycles. The molecule has 0 spiro atoms. The number of halogens is 1. The Morgan fingerprint density at radius 1 is 1.29 bits per heavy atom. The van der Waals surface area contributed by atoms with Gasteiger partial charge in [0.25, 0.3) is 0 Å². The van der Waals surface area contributed by atoms with Crippen LogP contribution in [0, 0.1) is 6.92 Å². The molecule has 0 aliphatic carbocycles. The number of aliphatic hydroxyl groups is 1. The molecule has 0 saturated carbocycles. The molecule has 1 aromatic heterocycles. The van der Waals surface area contributed by atoms with Crippen LogP contribution in [0.2, 0.25) is 5.02 Å². The third kappa shape index (κ3) is 3.47. The van der Waals surface area contributed by atoms with Gasteiger partial charge in [-0.05, 0) is 36.8 Å². The minimum Gasteiger partial charge on any atom is -0.465 e. The first-order valence-corrected chi connectivity index (χ1v) is 8.07. The molecule has 0 aliphatic heterocycles. The van der Waals surface area contributed by atoms with Crippen molar-refractivity contribution in [3.8, 4) is 0 Å². The Bertz CT molecular complexity index is 739. The summed E-state index contributed by atoms with van der Waals surface area (Å²) in [6.07, 6.45) is 0. The van der Waals surface area contributed by atoms with E-state index in [4.69, 9.17) is 21.1 Å². The predicted octanol–water partition coefficient (Wildman–Crippen LogP) is 2.55. The second-order valence-electron chi connectivity index (χ2n) is 4.68. The molecule has 0 amide bonds. The Kier molecular flexibility index (Phi) is 4.73. The molecular weight excluding hydrogens is 314 g/mol. The molecular formula is C14H16ClNO4S. The summed E-state index contributed by atoms with van der Waals surface area (Å²) < 4.78 is 31.5. The first kappa shape index (κ1) is 16.0. The van der Waals surface area contributed by atoms with E-state index in [9.17, 15) is 8.42 Å². The number of rotatable bonds is 5. The summed E-state index contributed by atoms with van der Waals surface area (Å²) in [6, 6.07) is 7.79. The van der Waals surface area contributed by atoms with Crippen LogP contribution in [0.15, 0.2) is 39.6 Å². The topological polar surface area (TPSA) is 70.8 Å². The lowest BCUT2D eigenvalue weighted by atomic mass is 10.2. The third-order valence-electron chi connectivity index (χ3n) is 3.08. The van der Waals surface area contributed by atoms with E-state index in [1.54, 1.807) is 19.1 Å². The summed E-state index contributed by atoms with van der Waals surface area (Å²) in [5.74, 6) is 1.29. The minimum absolute atomic E-state index is 0.0791. The molecule has 2 aromatic rings. The number of nitrogens with zero attached hydrogens (tertiary/aromatic N) is 1. The Morgan fingerprint density at radius 3 is 2.52 bits per heavy atom. The summed E-state index contributed by atoms with van der Waals surface area (Å²) in [7, 11) is -2.19. The Labute approximate surface area is 128 Å². The molecule has 21 heavy (non-hydrogen) atoms. The monoisotopic (exact) mass is 329 g/mol. The van der Waals surface area contributed by atoms with E-state index in [1.165, 1.54) is 29.6 Å². The summed E-state index contributed by atoms with van der Waals surface area (Å²) in [5.41, 5.74) is 0.486. The van der Waals surface area contributed by atoms with Gasteiger partial charge < -0.3 is 9.52 Å². The van der Waals surface area contributed by atoms with E-state index < -0.39 is 10.0 Å². The minimum atomic E-state index is -3.67. The second kappa shape index (κ2) is 6.19. The van der Waals surface area contributed by atoms with E-state index in [0.29, 0.717) is 11.3 Å². The van der Waals surface area contributed by atoms with Gasteiger partial charge in [0, 0.05) is 12.1 Å². The van der Waals surface area contributed by atoms with Crippen LogP contribution in [0.4, 0.5) is 0 Å². The first-order valence-electron chi connectivity index (χ1n) is 6.25. The van der Waals surface area contributed by atoms with Crippen molar-refractivity contribution in [3.63, 3.8) is 0 Å². The van der Waals surface area contributed by atoms with Gasteiger partial charge in [-0.15, -0.1) is 0 Å². The highest BCUT2D eigenvalue weighted by molar-refractivity contribution is 7.89. The van der Waals surface area contributed by atoms with E-state index in [1.807, 2.05) is 0 Å². The van der Waals surface area contributed by atoms with Crippen LogP contribution in [-0.2, 0) is 23.2 Å². The molecule has 0 fully saturated rings. The van der Waals surface area contributed by atoms with Crippen molar-refractivity contribution < 1.29 is 17.9 Å². The van der Waals surface area contributed by atoms with Crippen molar-refractivity contribution in [1.29, 1.82) is 0 Å². The highest BCUT2D eigenvalue weighted by atomic mass is 35.5. The molecule has 0 bridgehead atoms. The van der Waals surface area contributed by atoms with Crippen LogP contribution in [0.1, 0.15) is 17.1 Å². The quantitative estimate of drug-likeness (QED) is 0.915. The third-order valence-corrected chi connectivity index (χ3v) is 5.23. The average Bonchev–Trinajstić information content (AvgIpc) is 2.83. The zero-order valence-corrected chi connectivity index (χ0v) is 13.3. The largest absolute Gasteiger partial charge is 0.465 e. The van der Waals surface area contributed by atoms with Crippen molar-refractivity contribution in [3.05, 3.63) is 52.4 Å². The van der Waals surface area contributed by atoms with Crippen LogP contribution >= 0.6 is 11.6 Å². The van der Waals surface area contributed by atoms with Gasteiger partial charge in [0.15, 0.2) is 0 Å². The average molecular weight is 330 g/mol. The van der Waals surface area contributed by atoms with Crippen LogP contribution < -0.4 is 0 Å². The number of aryl methyl sites for hydroxylation is 1. The summed E-state index contributed by atoms with van der Waals surface area (Å²) in [6.45, 7) is 1.70. The van der Waals surface area contributed by atoms with Crippen molar-refractivity contribution in [1.82, 2.24) is 4.31 Å². The molecule has 1 N–H and O–H groups in total. The molecule has 7 heteroatoms. The molecule has 1 aromatic carbocycles. The molecule has 0 atom stereocenters. The van der Waals surface area contributed by atoms with Gasteiger partial charge in [-0.3, -0.25) is 0 Å². The molecule has 0 aliphatic rings. The lowest BCUT2D eigenvalue weighted by Crippen LogP contribution is -2.26. The van der Waals surface area contributed by atoms with Crippen LogP contribution in [-0.4, -0.2) is 24.9 Å². The number of sulfonamides is 1. The van der Waals surface area contributed by atoms with Gasteiger partial charge in [-0.25, -0.2) is 8.42 Å². The van der Waals surface area contributed by atoms with Gasteiger partial charge >= 0.3 is 0 Å². The Balaban J connectivity index is 2.26. The van der Waals surface area contributed by atoms with E-state index in [2.05, 4.69) is 0 Å². The Morgan fingerprint density at radius 2 is 2.00 bits per heavy atom. The molecule has 5 nitrogen and oxygen atoms in total. The standard InChI is InChI=1S/C14H16ClNO4S/c1-10-3-5-12(20-10)8-16(2)21(18,19)13-6-4-11(9-17)14(15)7-13/h3-7,17H,8-9H2,1-2H3. The zero-order valence-electron chi connectivity index (χ0n) is 11.7. The van der Waals surface area contributed by atoms with Gasteiger partial charge in [0.05, 0.1) is 18.0 Å². The van der Waals surface area contributed by atoms with Crippen LogP contribution in [0.5, 0.6) is 0 Å². The fourth-order valence-electron chi connectivity index (χ4n) is 1.87. The van der Waals surface area contributed by atoms with E-state index in [0.717, 1.165) is 5.76 Å². The van der Waals surface area contributed by atoms with Crippen LogP contribution in [0.3, 0.4) is 0 Å². The maximum atomic E-state index is 12.5. The molecule has 114 valence electrons. The van der Waals surface area contributed by atoms with Crippen molar-refractivity contribution in [2.24, 2.45) is 0 Å². The number of furan rings is 1. The number of hydrogen-bond donors (Lipinski definition) is 1. The van der Waals surface area contributed by atoms with Crippen molar-refractivity contribution in [2.75, 3.05) is 7.05 Å². The van der Waals surface area contributed by atoms with Crippen molar-refractivity contribution >= 4 is 21.6 Å². The smallest absolute Gasteiger partial charge is 0.243 e. The molecule has 0 radical (unpaired) electrons. The van der Waals surface area contributed by atoms with Crippen LogP contribution in [0.25, 0.3) is 0 Å². The highest BCUT2D eigenvalue weighted by Gasteiger charge is 2.22. The van der Waals surface area contributed by atoms with Gasteiger partial charge in [0.2, 0.25) is 10.0 Å². The maximum absolute atomic E-state index is 12.5. The molecule has 2 rings (SSSR count). The molecule has 0 unspecified atom stereocenters. The zero-order chi connectivity index (χ0) is 15.6. The van der Waals surface area contributed by atoms with E-state index in [-0.39, 0.29) is 23.1 Å². The highest BCUT2D eigenvalue weighted by Crippen LogP contribution is 2.24. The fraction of sp³-hybridized carbons (Fsp3) is 0.286. The molecule has 1 heterocycles. The number of benzene rings is 1. The SMILES string of the molecule is Cc1ccc(CN(C)S(=O)(=O)c2ccc(CO)c(Cl)c2)o1. The number of aliphatic hydroxyl groups excluding tert-OH is 1. The lowest BCUT2D eigenvalue weighted by Gasteiger charge is -2.16. The normalized spacial score (nSPS) is 12.0. The van der Waals surface area contributed by atoms with Gasteiger partial charge in [-0.1, -0.05) is 17.7 Å². The fourth-order valence-corrected chi connectivity index (χ4v) is 3.34. The maximum Gasteiger partial charge on any atom is 0.243 e. The summed E-state index contributed by atoms with van der Waals surface area (Å²) in [4.78, 5) is 0.0791. The Hall–Kier alpha value is -1.34. The number of hydrogen-bond acceptors (Lipinski definition) is 4. The van der Waals surface area contributed by atoms with Gasteiger partial charge in [-0.2, -0.15) is 4.31 Å². The second-order valence-corrected chi connectivity index (χ2v) is 7.14. The van der Waals surface area contributed by atoms with Gasteiger partial charge in [0.1, 0.15) is 11.5 Å². The lowest BCUT2D eigenvalue weighted by molar-refractivity contribution is 0.282. The van der Waals surface area contributed by atoms with E-state index >= 15 is 0 Å². The summed E-state index contributed by atoms with van der Waals surface area (Å²) in [5, 5.41) is 9.28.